The predicted molar refractivity (Wildman–Crippen MR) is 326 cm³/mol. The van der Waals surface area contributed by atoms with Crippen LogP contribution in [0.3, 0.4) is 0 Å². The maximum absolute atomic E-state index is 12.8. The smallest absolute Gasteiger partial charge is 0.462 e. The van der Waals surface area contributed by atoms with Crippen molar-refractivity contribution in [3.05, 3.63) is 60.8 Å². The second kappa shape index (κ2) is 57.4. The van der Waals surface area contributed by atoms with E-state index in [0.29, 0.717) is 23.9 Å². The molecule has 0 amide bonds. The number of unbranched alkanes of at least 4 members (excludes halogenated alkanes) is 35. The van der Waals surface area contributed by atoms with E-state index in [2.05, 4.69) is 74.6 Å². The second-order valence-corrected chi connectivity index (χ2v) is 24.2. The molecule has 0 aliphatic heterocycles. The number of carbonyl (C=O) groups excluding carboxylic acids is 2. The molecule has 0 bridgehead atoms. The largest absolute Gasteiger partial charge is 0.472 e. The molecule has 76 heavy (non-hydrogen) atoms. The van der Waals surface area contributed by atoms with Crippen LogP contribution >= 0.6 is 7.82 Å². The summed E-state index contributed by atoms with van der Waals surface area (Å²) in [6.45, 7) is 4.37. The molecule has 0 aromatic carbocycles. The first-order valence-corrected chi connectivity index (χ1v) is 33.5. The summed E-state index contributed by atoms with van der Waals surface area (Å²) in [6.07, 6.45) is 74.5. The number of esters is 2. The number of nitrogens with zero attached hydrogens (tertiary/aromatic N) is 1. The van der Waals surface area contributed by atoms with Crippen LogP contribution < -0.4 is 0 Å². The minimum atomic E-state index is -4.39. The van der Waals surface area contributed by atoms with Crippen molar-refractivity contribution in [2.24, 2.45) is 0 Å². The van der Waals surface area contributed by atoms with Crippen molar-refractivity contribution in [3.8, 4) is 0 Å². The molecule has 0 radical (unpaired) electrons. The van der Waals surface area contributed by atoms with E-state index >= 15 is 0 Å². The fourth-order valence-corrected chi connectivity index (χ4v) is 9.90. The summed E-state index contributed by atoms with van der Waals surface area (Å²) < 4.78 is 34.7. The molecule has 444 valence electrons. The lowest BCUT2D eigenvalue weighted by atomic mass is 10.0. The SMILES string of the molecule is CC/C=C\C/C=C\C/C=C\C/C=C\C/C=C\CCCCCCCCCCCCCCCCCCCC(=O)OC(COC(=O)CCCCCCCCCCCCCCCCCCCCC)COP(=O)(O)OCC[N+](C)(C)C. The van der Waals surface area contributed by atoms with Gasteiger partial charge in [0.05, 0.1) is 27.7 Å². The van der Waals surface area contributed by atoms with Gasteiger partial charge in [0.25, 0.3) is 0 Å². The van der Waals surface area contributed by atoms with Gasteiger partial charge in [-0.1, -0.05) is 286 Å². The zero-order valence-corrected chi connectivity index (χ0v) is 51.4. The topological polar surface area (TPSA) is 108 Å². The number of ether oxygens (including phenoxy) is 2. The van der Waals surface area contributed by atoms with Crippen LogP contribution in [-0.4, -0.2) is 74.9 Å². The van der Waals surface area contributed by atoms with E-state index in [4.69, 9.17) is 18.5 Å². The molecule has 0 saturated heterocycles. The number of hydrogen-bond acceptors (Lipinski definition) is 7. The molecule has 10 heteroatoms. The molecule has 0 aliphatic carbocycles. The maximum Gasteiger partial charge on any atom is 0.472 e. The second-order valence-electron chi connectivity index (χ2n) is 22.8. The van der Waals surface area contributed by atoms with Crippen molar-refractivity contribution >= 4 is 19.8 Å². The highest BCUT2D eigenvalue weighted by Crippen LogP contribution is 2.43. The molecule has 0 aromatic rings. The van der Waals surface area contributed by atoms with Gasteiger partial charge < -0.3 is 18.9 Å². The first-order chi connectivity index (χ1) is 37.0. The zero-order valence-electron chi connectivity index (χ0n) is 50.5. The molecule has 0 fully saturated rings. The Balaban J connectivity index is 4.03. The summed E-state index contributed by atoms with van der Waals surface area (Å²) >= 11 is 0. The van der Waals surface area contributed by atoms with Crippen LogP contribution in [0.25, 0.3) is 0 Å². The van der Waals surface area contributed by atoms with Crippen molar-refractivity contribution in [1.29, 1.82) is 0 Å². The molecule has 2 atom stereocenters. The van der Waals surface area contributed by atoms with Gasteiger partial charge in [0.1, 0.15) is 19.8 Å². The molecule has 0 aromatic heterocycles. The van der Waals surface area contributed by atoms with Crippen LogP contribution in [0.1, 0.15) is 296 Å². The molecule has 0 aliphatic rings. The Bertz CT molecular complexity index is 1470. The van der Waals surface area contributed by atoms with Crippen molar-refractivity contribution in [2.45, 2.75) is 302 Å². The number of carbonyl (C=O) groups is 2. The summed E-state index contributed by atoms with van der Waals surface area (Å²) in [5, 5.41) is 0. The summed E-state index contributed by atoms with van der Waals surface area (Å²) in [6, 6.07) is 0. The van der Waals surface area contributed by atoms with Gasteiger partial charge in [0.2, 0.25) is 0 Å². The Hall–Kier alpha value is -2.29. The number of rotatable bonds is 59. The number of quaternary nitrogens is 1. The minimum absolute atomic E-state index is 0.0332. The fourth-order valence-electron chi connectivity index (χ4n) is 9.16. The van der Waals surface area contributed by atoms with Gasteiger partial charge in [0, 0.05) is 12.8 Å². The van der Waals surface area contributed by atoms with E-state index in [9.17, 15) is 19.0 Å². The average Bonchev–Trinajstić information content (AvgIpc) is 3.38. The van der Waals surface area contributed by atoms with Crippen molar-refractivity contribution in [1.82, 2.24) is 0 Å². The number of hydrogen-bond donors (Lipinski definition) is 1. The third kappa shape index (κ3) is 60.9. The van der Waals surface area contributed by atoms with Gasteiger partial charge in [-0.3, -0.25) is 18.6 Å². The minimum Gasteiger partial charge on any atom is -0.462 e. The quantitative estimate of drug-likeness (QED) is 0.0211. The van der Waals surface area contributed by atoms with E-state index in [1.807, 2.05) is 21.1 Å². The Morgan fingerprint density at radius 3 is 1.12 bits per heavy atom. The van der Waals surface area contributed by atoms with Crippen molar-refractivity contribution in [3.63, 3.8) is 0 Å². The Morgan fingerprint density at radius 1 is 0.421 bits per heavy atom. The fraction of sp³-hybridized carbons (Fsp3) is 0.818. The highest BCUT2D eigenvalue weighted by Gasteiger charge is 2.27. The van der Waals surface area contributed by atoms with Crippen molar-refractivity contribution in [2.75, 3.05) is 47.5 Å². The van der Waals surface area contributed by atoms with Crippen LogP contribution in [-0.2, 0) is 32.7 Å². The van der Waals surface area contributed by atoms with Crippen LogP contribution in [0, 0.1) is 0 Å². The third-order valence-corrected chi connectivity index (χ3v) is 15.0. The Kier molecular flexibility index (Phi) is 55.7. The van der Waals surface area contributed by atoms with Gasteiger partial charge in [-0.05, 0) is 57.8 Å². The Labute approximate surface area is 470 Å². The highest BCUT2D eigenvalue weighted by atomic mass is 31.2. The lowest BCUT2D eigenvalue weighted by Crippen LogP contribution is -2.37. The van der Waals surface area contributed by atoms with Gasteiger partial charge >= 0.3 is 19.8 Å². The number of phosphoric ester groups is 1. The molecule has 9 nitrogen and oxygen atoms in total. The molecular weight excluding hydrogens is 966 g/mol. The maximum atomic E-state index is 12.8. The average molecular weight is 1090 g/mol. The van der Waals surface area contributed by atoms with Crippen LogP contribution in [0.4, 0.5) is 0 Å². The van der Waals surface area contributed by atoms with E-state index in [1.54, 1.807) is 0 Å². The standard InChI is InChI=1S/C66H122NO8P/c1-6-8-10-12-14-16-18-20-22-24-26-27-28-29-30-31-32-33-34-35-36-37-38-39-41-43-45-47-49-51-53-55-57-59-66(69)75-64(63-74-76(70,71)73-61-60-67(3,4)5)62-72-65(68)58-56-54-52-50-48-46-44-42-40-25-23-21-19-17-15-13-11-9-7-2/h8,10,14,16,20,22,26-27,29-30,64H,6-7,9,11-13,15,17-19,21,23-25,28,31-63H2,1-5H3/p+1/b10-8-,16-14-,22-20-,27-26-,30-29-. The van der Waals surface area contributed by atoms with Gasteiger partial charge in [-0.15, -0.1) is 0 Å². The van der Waals surface area contributed by atoms with Gasteiger partial charge in [0.15, 0.2) is 6.10 Å². The van der Waals surface area contributed by atoms with Crippen LogP contribution in [0.5, 0.6) is 0 Å². The van der Waals surface area contributed by atoms with E-state index in [1.165, 1.54) is 199 Å². The third-order valence-electron chi connectivity index (χ3n) is 14.1. The summed E-state index contributed by atoms with van der Waals surface area (Å²) in [5.74, 6) is -0.782. The molecule has 2 unspecified atom stereocenters. The molecule has 0 saturated carbocycles. The summed E-state index contributed by atoms with van der Waals surface area (Å²) in [7, 11) is 1.49. The van der Waals surface area contributed by atoms with E-state index in [-0.39, 0.29) is 25.6 Å². The molecule has 0 spiro atoms. The number of allylic oxidation sites excluding steroid dienone is 10. The normalized spacial score (nSPS) is 13.6. The summed E-state index contributed by atoms with van der Waals surface area (Å²) in [5.41, 5.74) is 0. The molecule has 0 heterocycles. The number of phosphoric acid groups is 1. The van der Waals surface area contributed by atoms with Gasteiger partial charge in [-0.25, -0.2) is 4.57 Å². The number of likely N-dealkylation sites (N-methyl/N-ethyl adjacent to an activating group) is 1. The first-order valence-electron chi connectivity index (χ1n) is 32.0. The highest BCUT2D eigenvalue weighted by molar-refractivity contribution is 7.47. The predicted octanol–water partition coefficient (Wildman–Crippen LogP) is 20.3. The molecule has 0 rings (SSSR count). The Morgan fingerprint density at radius 2 is 0.750 bits per heavy atom. The lowest BCUT2D eigenvalue weighted by molar-refractivity contribution is -0.870. The van der Waals surface area contributed by atoms with Crippen LogP contribution in [0.2, 0.25) is 0 Å². The lowest BCUT2D eigenvalue weighted by Gasteiger charge is -2.24. The molecular formula is C66H123NO8P+. The van der Waals surface area contributed by atoms with Gasteiger partial charge in [-0.2, -0.15) is 0 Å². The van der Waals surface area contributed by atoms with E-state index < -0.39 is 26.5 Å². The summed E-state index contributed by atoms with van der Waals surface area (Å²) in [4.78, 5) is 35.8. The zero-order chi connectivity index (χ0) is 55.6. The van der Waals surface area contributed by atoms with E-state index in [0.717, 1.165) is 64.2 Å². The first kappa shape index (κ1) is 73.7. The van der Waals surface area contributed by atoms with Crippen LogP contribution in [0.15, 0.2) is 60.8 Å². The molecule has 1 N–H and O–H groups in total. The monoisotopic (exact) mass is 1090 g/mol. The van der Waals surface area contributed by atoms with Crippen molar-refractivity contribution < 1.29 is 42.1 Å².